The molecule has 1 heterocycles. The Morgan fingerprint density at radius 1 is 1.59 bits per heavy atom. The summed E-state index contributed by atoms with van der Waals surface area (Å²) in [5.41, 5.74) is 0. The maximum Gasteiger partial charge on any atom is 0.233 e. The van der Waals surface area contributed by atoms with Gasteiger partial charge in [0, 0.05) is 12.6 Å². The Labute approximate surface area is 110 Å². The summed E-state index contributed by atoms with van der Waals surface area (Å²) < 4.78 is 1.18. The van der Waals surface area contributed by atoms with Crippen molar-refractivity contribution in [1.29, 1.82) is 0 Å². The molecule has 1 aliphatic rings. The van der Waals surface area contributed by atoms with Crippen molar-refractivity contribution in [2.45, 2.75) is 29.5 Å². The average molecular weight is 271 g/mol. The second kappa shape index (κ2) is 6.42. The van der Waals surface area contributed by atoms with E-state index in [0.29, 0.717) is 18.3 Å². The second-order valence-corrected chi connectivity index (χ2v) is 6.34. The quantitative estimate of drug-likeness (QED) is 0.807. The van der Waals surface area contributed by atoms with Crippen LogP contribution in [0.25, 0.3) is 0 Å². The molecule has 2 rings (SSSR count). The van der Waals surface area contributed by atoms with E-state index < -0.39 is 0 Å². The number of aliphatic hydroxyl groups excluding tert-OH is 1. The van der Waals surface area contributed by atoms with Gasteiger partial charge in [0.2, 0.25) is 5.91 Å². The molecule has 1 N–H and O–H groups in total. The highest BCUT2D eigenvalue weighted by Crippen LogP contribution is 2.27. The molecule has 5 heteroatoms. The lowest BCUT2D eigenvalue weighted by Crippen LogP contribution is -2.46. The van der Waals surface area contributed by atoms with Crippen LogP contribution in [-0.2, 0) is 4.79 Å². The van der Waals surface area contributed by atoms with Crippen molar-refractivity contribution in [2.75, 3.05) is 18.9 Å². The Bertz CT molecular complexity index is 349. The van der Waals surface area contributed by atoms with E-state index in [1.54, 1.807) is 23.1 Å². The maximum atomic E-state index is 12.1. The molecule has 1 aromatic heterocycles. The number of nitrogens with zero attached hydrogens (tertiary/aromatic N) is 1. The van der Waals surface area contributed by atoms with Gasteiger partial charge in [-0.05, 0) is 30.7 Å². The van der Waals surface area contributed by atoms with E-state index in [-0.39, 0.29) is 12.5 Å². The fourth-order valence-corrected chi connectivity index (χ4v) is 3.55. The lowest BCUT2D eigenvalue weighted by Gasteiger charge is -2.37. The molecule has 0 unspecified atom stereocenters. The van der Waals surface area contributed by atoms with Crippen LogP contribution >= 0.6 is 23.1 Å². The van der Waals surface area contributed by atoms with Crippen LogP contribution in [-0.4, -0.2) is 40.9 Å². The molecule has 94 valence electrons. The molecule has 0 atom stereocenters. The van der Waals surface area contributed by atoms with Gasteiger partial charge in [0.1, 0.15) is 0 Å². The minimum absolute atomic E-state index is 0.0614. The minimum atomic E-state index is 0.0614. The Balaban J connectivity index is 1.83. The maximum absolute atomic E-state index is 12.1. The lowest BCUT2D eigenvalue weighted by atomic mass is 9.91. The van der Waals surface area contributed by atoms with Gasteiger partial charge in [-0.15, -0.1) is 23.1 Å². The first-order valence-electron chi connectivity index (χ1n) is 5.88. The molecule has 0 aliphatic heterocycles. The third-order valence-corrected chi connectivity index (χ3v) is 5.13. The predicted octanol–water partition coefficient (Wildman–Crippen LogP) is 2.21. The van der Waals surface area contributed by atoms with E-state index >= 15 is 0 Å². The first-order chi connectivity index (χ1) is 8.31. The first-order valence-corrected chi connectivity index (χ1v) is 7.74. The highest BCUT2D eigenvalue weighted by molar-refractivity contribution is 8.01. The monoisotopic (exact) mass is 271 g/mol. The van der Waals surface area contributed by atoms with Crippen molar-refractivity contribution in [1.82, 2.24) is 4.90 Å². The molecule has 1 amide bonds. The molecule has 1 saturated carbocycles. The van der Waals surface area contributed by atoms with Crippen molar-refractivity contribution in [3.05, 3.63) is 17.5 Å². The van der Waals surface area contributed by atoms with Crippen molar-refractivity contribution < 1.29 is 9.90 Å². The van der Waals surface area contributed by atoms with E-state index in [9.17, 15) is 4.79 Å². The van der Waals surface area contributed by atoms with Gasteiger partial charge in [-0.2, -0.15) is 0 Å². The van der Waals surface area contributed by atoms with Gasteiger partial charge in [-0.25, -0.2) is 0 Å². The zero-order valence-electron chi connectivity index (χ0n) is 9.67. The van der Waals surface area contributed by atoms with E-state index in [0.717, 1.165) is 12.8 Å². The van der Waals surface area contributed by atoms with E-state index in [2.05, 4.69) is 0 Å². The summed E-state index contributed by atoms with van der Waals surface area (Å²) in [4.78, 5) is 13.9. The van der Waals surface area contributed by atoms with Crippen molar-refractivity contribution in [3.63, 3.8) is 0 Å². The smallest absolute Gasteiger partial charge is 0.233 e. The number of hydrogen-bond donors (Lipinski definition) is 1. The topological polar surface area (TPSA) is 40.5 Å². The average Bonchev–Trinajstić information content (AvgIpc) is 2.75. The molecule has 17 heavy (non-hydrogen) atoms. The fourth-order valence-electron chi connectivity index (χ4n) is 1.88. The van der Waals surface area contributed by atoms with Crippen molar-refractivity contribution >= 4 is 29.0 Å². The summed E-state index contributed by atoms with van der Waals surface area (Å²) in [6, 6.07) is 4.40. The van der Waals surface area contributed by atoms with E-state index in [4.69, 9.17) is 5.11 Å². The van der Waals surface area contributed by atoms with Crippen LogP contribution in [0.15, 0.2) is 21.7 Å². The normalized spacial score (nSPS) is 15.6. The number of hydrogen-bond acceptors (Lipinski definition) is 4. The van der Waals surface area contributed by atoms with Gasteiger partial charge in [0.05, 0.1) is 16.6 Å². The molecule has 1 fully saturated rings. The molecular weight excluding hydrogens is 254 g/mol. The zero-order chi connectivity index (χ0) is 12.1. The summed E-state index contributed by atoms with van der Waals surface area (Å²) in [5.74, 6) is 0.638. The number of rotatable bonds is 6. The van der Waals surface area contributed by atoms with Crippen molar-refractivity contribution in [3.8, 4) is 0 Å². The summed E-state index contributed by atoms with van der Waals surface area (Å²) in [6.45, 7) is 0.542. The summed E-state index contributed by atoms with van der Waals surface area (Å²) >= 11 is 3.25. The molecule has 0 aromatic carbocycles. The molecule has 0 radical (unpaired) electrons. The van der Waals surface area contributed by atoms with Gasteiger partial charge >= 0.3 is 0 Å². The molecule has 0 saturated heterocycles. The number of thiophene rings is 1. The van der Waals surface area contributed by atoms with Crippen LogP contribution in [0.3, 0.4) is 0 Å². The zero-order valence-corrected chi connectivity index (χ0v) is 11.3. The Hall–Kier alpha value is -0.520. The third-order valence-electron chi connectivity index (χ3n) is 3.01. The Kier molecular flexibility index (Phi) is 4.88. The van der Waals surface area contributed by atoms with E-state index in [1.165, 1.54) is 10.6 Å². The number of thioether (sulfide) groups is 1. The van der Waals surface area contributed by atoms with E-state index in [1.807, 2.05) is 22.4 Å². The van der Waals surface area contributed by atoms with Gasteiger partial charge < -0.3 is 10.0 Å². The molecule has 0 bridgehead atoms. The van der Waals surface area contributed by atoms with Crippen LogP contribution in [0.4, 0.5) is 0 Å². The number of amides is 1. The van der Waals surface area contributed by atoms with Crippen LogP contribution in [0.1, 0.15) is 19.3 Å². The number of carbonyl (C=O) groups is 1. The standard InChI is InChI=1S/C12H17NO2S2/c14-7-6-13(10-3-1-4-10)11(15)9-17-12-5-2-8-16-12/h2,5,8,10,14H,1,3-4,6-7,9H2. The van der Waals surface area contributed by atoms with Crippen LogP contribution in [0.2, 0.25) is 0 Å². The summed E-state index contributed by atoms with van der Waals surface area (Å²) in [6.07, 6.45) is 3.39. The lowest BCUT2D eigenvalue weighted by molar-refractivity contribution is -0.132. The van der Waals surface area contributed by atoms with Crippen LogP contribution in [0, 0.1) is 0 Å². The molecular formula is C12H17NO2S2. The van der Waals surface area contributed by atoms with Gasteiger partial charge in [0.25, 0.3) is 0 Å². The van der Waals surface area contributed by atoms with Crippen LogP contribution < -0.4 is 0 Å². The summed E-state index contributed by atoms with van der Waals surface area (Å²) in [7, 11) is 0. The molecule has 3 nitrogen and oxygen atoms in total. The van der Waals surface area contributed by atoms with Gasteiger partial charge in [-0.1, -0.05) is 6.07 Å². The fraction of sp³-hybridized carbons (Fsp3) is 0.583. The Morgan fingerprint density at radius 2 is 2.41 bits per heavy atom. The number of carbonyl (C=O) groups excluding carboxylic acids is 1. The van der Waals surface area contributed by atoms with Crippen LogP contribution in [0.5, 0.6) is 0 Å². The first kappa shape index (κ1) is 12.9. The summed E-state index contributed by atoms with van der Waals surface area (Å²) in [5, 5.41) is 11.0. The third kappa shape index (κ3) is 3.47. The number of aliphatic hydroxyl groups is 1. The molecule has 1 aliphatic carbocycles. The second-order valence-electron chi connectivity index (χ2n) is 4.12. The highest BCUT2D eigenvalue weighted by Gasteiger charge is 2.28. The molecule has 0 spiro atoms. The molecule has 1 aromatic rings. The highest BCUT2D eigenvalue weighted by atomic mass is 32.2. The SMILES string of the molecule is O=C(CSc1cccs1)N(CCO)C1CCC1. The van der Waals surface area contributed by atoms with Gasteiger partial charge in [0.15, 0.2) is 0 Å². The largest absolute Gasteiger partial charge is 0.395 e. The van der Waals surface area contributed by atoms with Gasteiger partial charge in [-0.3, -0.25) is 4.79 Å². The predicted molar refractivity (Wildman–Crippen MR) is 71.5 cm³/mol. The minimum Gasteiger partial charge on any atom is -0.395 e. The Morgan fingerprint density at radius 3 is 2.94 bits per heavy atom. The van der Waals surface area contributed by atoms with Crippen molar-refractivity contribution in [2.24, 2.45) is 0 Å².